The topological polar surface area (TPSA) is 95.5 Å². The molecule has 0 aliphatic carbocycles. The normalized spacial score (nSPS) is 9.88. The van der Waals surface area contributed by atoms with Crippen LogP contribution in [0.2, 0.25) is 0 Å². The second-order valence-electron chi connectivity index (χ2n) is 2.87. The van der Waals surface area contributed by atoms with Crippen molar-refractivity contribution in [1.29, 1.82) is 0 Å². The predicted molar refractivity (Wildman–Crippen MR) is 61.2 cm³/mol. The van der Waals surface area contributed by atoms with Gasteiger partial charge in [-0.05, 0) is 13.0 Å². The van der Waals surface area contributed by atoms with E-state index in [1.807, 2.05) is 0 Å². The number of halogens is 1. The Morgan fingerprint density at radius 1 is 1.62 bits per heavy atom. The van der Waals surface area contributed by atoms with Crippen LogP contribution in [0.1, 0.15) is 17.3 Å². The van der Waals surface area contributed by atoms with Crippen LogP contribution >= 0.6 is 15.9 Å². The van der Waals surface area contributed by atoms with Gasteiger partial charge in [0.25, 0.3) is 5.69 Å². The van der Waals surface area contributed by atoms with Crippen LogP contribution in [0.15, 0.2) is 16.6 Å². The molecule has 0 atom stereocenters. The van der Waals surface area contributed by atoms with E-state index in [4.69, 9.17) is 10.5 Å². The molecule has 0 amide bonds. The minimum absolute atomic E-state index is 0.0134. The van der Waals surface area contributed by atoms with Crippen molar-refractivity contribution in [3.05, 3.63) is 32.3 Å². The lowest BCUT2D eigenvalue weighted by Gasteiger charge is -2.06. The summed E-state index contributed by atoms with van der Waals surface area (Å²) in [6.07, 6.45) is 0. The van der Waals surface area contributed by atoms with E-state index >= 15 is 0 Å². The predicted octanol–water partition coefficient (Wildman–Crippen LogP) is 2.12. The van der Waals surface area contributed by atoms with Gasteiger partial charge in [-0.25, -0.2) is 4.79 Å². The zero-order valence-corrected chi connectivity index (χ0v) is 9.98. The first kappa shape index (κ1) is 12.4. The summed E-state index contributed by atoms with van der Waals surface area (Å²) >= 11 is 3.07. The third kappa shape index (κ3) is 2.48. The Morgan fingerprint density at radius 3 is 2.75 bits per heavy atom. The number of nitro benzene ring substituents is 1. The van der Waals surface area contributed by atoms with E-state index in [9.17, 15) is 14.9 Å². The molecule has 86 valence electrons. The molecule has 1 aromatic carbocycles. The van der Waals surface area contributed by atoms with Crippen LogP contribution in [-0.2, 0) is 4.74 Å². The van der Waals surface area contributed by atoms with Crippen LogP contribution in [0.4, 0.5) is 11.4 Å². The molecule has 7 heteroatoms. The lowest BCUT2D eigenvalue weighted by atomic mass is 10.1. The summed E-state index contributed by atoms with van der Waals surface area (Å²) in [5.41, 5.74) is 4.99. The quantitative estimate of drug-likeness (QED) is 0.398. The van der Waals surface area contributed by atoms with Gasteiger partial charge < -0.3 is 10.5 Å². The van der Waals surface area contributed by atoms with E-state index in [2.05, 4.69) is 15.9 Å². The number of nitrogen functional groups attached to an aromatic ring is 1. The number of benzene rings is 1. The zero-order valence-electron chi connectivity index (χ0n) is 8.40. The van der Waals surface area contributed by atoms with Crippen LogP contribution in [-0.4, -0.2) is 17.5 Å². The Morgan fingerprint density at radius 2 is 2.25 bits per heavy atom. The fraction of sp³-hybridized carbons (Fsp3) is 0.222. The van der Waals surface area contributed by atoms with E-state index in [0.717, 1.165) is 0 Å². The van der Waals surface area contributed by atoms with Gasteiger partial charge in [-0.15, -0.1) is 0 Å². The van der Waals surface area contributed by atoms with Crippen LogP contribution in [0.5, 0.6) is 0 Å². The number of carbonyl (C=O) groups excluding carboxylic acids is 1. The first-order chi connectivity index (χ1) is 7.47. The molecule has 1 aromatic rings. The molecule has 0 bridgehead atoms. The molecule has 1 rings (SSSR count). The van der Waals surface area contributed by atoms with E-state index in [0.29, 0.717) is 4.47 Å². The van der Waals surface area contributed by atoms with Gasteiger partial charge in [0.2, 0.25) is 0 Å². The molecule has 0 saturated heterocycles. The van der Waals surface area contributed by atoms with Crippen LogP contribution in [0.25, 0.3) is 0 Å². The Bertz CT molecular complexity index is 447. The molecular formula is C9H9BrN2O4. The Labute approximate surface area is 99.7 Å². The summed E-state index contributed by atoms with van der Waals surface area (Å²) < 4.78 is 5.14. The highest BCUT2D eigenvalue weighted by Crippen LogP contribution is 2.29. The molecule has 0 aromatic heterocycles. The summed E-state index contributed by atoms with van der Waals surface area (Å²) in [5, 5.41) is 10.8. The van der Waals surface area contributed by atoms with Crippen molar-refractivity contribution in [2.45, 2.75) is 6.92 Å². The van der Waals surface area contributed by atoms with E-state index in [1.54, 1.807) is 6.92 Å². The Balaban J connectivity index is 3.35. The van der Waals surface area contributed by atoms with Crippen molar-refractivity contribution in [2.24, 2.45) is 0 Å². The third-order valence-corrected chi connectivity index (χ3v) is 2.25. The number of anilines is 1. The van der Waals surface area contributed by atoms with Crippen molar-refractivity contribution in [3.63, 3.8) is 0 Å². The molecule has 0 radical (unpaired) electrons. The lowest BCUT2D eigenvalue weighted by Crippen LogP contribution is -2.11. The second kappa shape index (κ2) is 4.93. The van der Waals surface area contributed by atoms with Gasteiger partial charge >= 0.3 is 5.97 Å². The smallest absolute Gasteiger partial charge is 0.347 e. The third-order valence-electron chi connectivity index (χ3n) is 1.79. The molecule has 0 fully saturated rings. The Kier molecular flexibility index (Phi) is 3.83. The molecule has 16 heavy (non-hydrogen) atoms. The number of hydrogen-bond donors (Lipinski definition) is 1. The van der Waals surface area contributed by atoms with Crippen molar-refractivity contribution in [2.75, 3.05) is 12.3 Å². The fourth-order valence-electron chi connectivity index (χ4n) is 1.18. The average molecular weight is 289 g/mol. The number of hydrogen-bond acceptors (Lipinski definition) is 5. The SMILES string of the molecule is CCOC(=O)c1c(N)cc(Br)cc1[N+](=O)[O-]. The maximum atomic E-state index is 11.5. The van der Waals surface area contributed by atoms with Crippen molar-refractivity contribution in [3.8, 4) is 0 Å². The number of nitro groups is 1. The highest BCUT2D eigenvalue weighted by molar-refractivity contribution is 9.10. The average Bonchev–Trinajstić information content (AvgIpc) is 2.16. The first-order valence-corrected chi connectivity index (χ1v) is 5.17. The van der Waals surface area contributed by atoms with Gasteiger partial charge in [-0.1, -0.05) is 15.9 Å². The van der Waals surface area contributed by atoms with Gasteiger partial charge in [0.1, 0.15) is 0 Å². The molecule has 0 aliphatic rings. The number of esters is 1. The number of carbonyl (C=O) groups is 1. The van der Waals surface area contributed by atoms with E-state index in [1.165, 1.54) is 12.1 Å². The highest BCUT2D eigenvalue weighted by atomic mass is 79.9. The van der Waals surface area contributed by atoms with Gasteiger partial charge in [0, 0.05) is 10.5 Å². The summed E-state index contributed by atoms with van der Waals surface area (Å²) in [5.74, 6) is -0.792. The van der Waals surface area contributed by atoms with Gasteiger partial charge in [0.15, 0.2) is 5.56 Å². The minimum Gasteiger partial charge on any atom is -0.462 e. The molecule has 0 spiro atoms. The van der Waals surface area contributed by atoms with Crippen LogP contribution in [0, 0.1) is 10.1 Å². The largest absolute Gasteiger partial charge is 0.462 e. The summed E-state index contributed by atoms with van der Waals surface area (Å²) in [6.45, 7) is 1.74. The highest BCUT2D eigenvalue weighted by Gasteiger charge is 2.25. The fourth-order valence-corrected chi connectivity index (χ4v) is 1.65. The Hall–Kier alpha value is -1.63. The maximum Gasteiger partial charge on any atom is 0.347 e. The van der Waals surface area contributed by atoms with Crippen molar-refractivity contribution in [1.82, 2.24) is 0 Å². The van der Waals surface area contributed by atoms with Crippen molar-refractivity contribution >= 4 is 33.3 Å². The van der Waals surface area contributed by atoms with Gasteiger partial charge in [-0.3, -0.25) is 10.1 Å². The number of nitrogens with zero attached hydrogens (tertiary/aromatic N) is 1. The molecule has 0 heterocycles. The van der Waals surface area contributed by atoms with Crippen LogP contribution in [0.3, 0.4) is 0 Å². The molecule has 0 aliphatic heterocycles. The standard InChI is InChI=1S/C9H9BrN2O4/c1-2-16-9(13)8-6(11)3-5(10)4-7(8)12(14)15/h3-4H,2,11H2,1H3. The summed E-state index contributed by atoms with van der Waals surface area (Å²) in [7, 11) is 0. The number of rotatable bonds is 3. The number of ether oxygens (including phenoxy) is 1. The second-order valence-corrected chi connectivity index (χ2v) is 3.78. The molecule has 6 nitrogen and oxygen atoms in total. The van der Waals surface area contributed by atoms with Crippen LogP contribution < -0.4 is 5.73 Å². The molecule has 0 saturated carbocycles. The van der Waals surface area contributed by atoms with Gasteiger partial charge in [-0.2, -0.15) is 0 Å². The first-order valence-electron chi connectivity index (χ1n) is 4.38. The van der Waals surface area contributed by atoms with Gasteiger partial charge in [0.05, 0.1) is 17.2 Å². The number of nitrogens with two attached hydrogens (primary N) is 1. The van der Waals surface area contributed by atoms with E-state index in [-0.39, 0.29) is 23.5 Å². The molecule has 0 unspecified atom stereocenters. The summed E-state index contributed by atoms with van der Waals surface area (Å²) in [4.78, 5) is 21.6. The van der Waals surface area contributed by atoms with Crippen molar-refractivity contribution < 1.29 is 14.5 Å². The zero-order chi connectivity index (χ0) is 12.3. The van der Waals surface area contributed by atoms with E-state index < -0.39 is 10.9 Å². The molecular weight excluding hydrogens is 280 g/mol. The minimum atomic E-state index is -0.792. The monoisotopic (exact) mass is 288 g/mol. The summed E-state index contributed by atoms with van der Waals surface area (Å²) in [6, 6.07) is 2.63. The lowest BCUT2D eigenvalue weighted by molar-refractivity contribution is -0.385. The molecule has 2 N–H and O–H groups in total. The maximum absolute atomic E-state index is 11.5.